The van der Waals surface area contributed by atoms with Crippen LogP contribution in [0.5, 0.6) is 5.75 Å². The van der Waals surface area contributed by atoms with Crippen LogP contribution in [0.25, 0.3) is 0 Å². The molecule has 1 aliphatic rings. The number of thiophene rings is 1. The van der Waals surface area contributed by atoms with Gasteiger partial charge in [0.15, 0.2) is 0 Å². The van der Waals surface area contributed by atoms with E-state index in [0.29, 0.717) is 13.2 Å². The quantitative estimate of drug-likeness (QED) is 0.691. The lowest BCUT2D eigenvalue weighted by molar-refractivity contribution is -0.133. The van der Waals surface area contributed by atoms with E-state index in [4.69, 9.17) is 9.47 Å². The molecule has 2 atom stereocenters. The summed E-state index contributed by atoms with van der Waals surface area (Å²) in [5.41, 5.74) is 2.26. The summed E-state index contributed by atoms with van der Waals surface area (Å²) in [5, 5.41) is 3.73. The van der Waals surface area contributed by atoms with Crippen LogP contribution in [0.4, 0.5) is 0 Å². The van der Waals surface area contributed by atoms with E-state index in [9.17, 15) is 4.79 Å². The predicted molar refractivity (Wildman–Crippen MR) is 117 cm³/mol. The van der Waals surface area contributed by atoms with E-state index in [2.05, 4.69) is 36.5 Å². The SMILES string of the molecule is CCOCc1cc(CN[C@@H]2CCCN(C(C)=O)[C@H]2c2ccc(C)s2)ccc1OC. The second kappa shape index (κ2) is 10.2. The van der Waals surface area contributed by atoms with Crippen molar-refractivity contribution in [1.82, 2.24) is 10.2 Å². The molecule has 0 aliphatic carbocycles. The number of nitrogens with one attached hydrogen (secondary N) is 1. The van der Waals surface area contributed by atoms with Gasteiger partial charge in [0.05, 0.1) is 19.8 Å². The molecular weight excluding hydrogens is 384 g/mol. The fourth-order valence-electron chi connectivity index (χ4n) is 4.04. The highest BCUT2D eigenvalue weighted by Crippen LogP contribution is 2.35. The number of aryl methyl sites for hydroxylation is 1. The third kappa shape index (κ3) is 5.38. The van der Waals surface area contributed by atoms with Gasteiger partial charge in [-0.1, -0.05) is 6.07 Å². The molecule has 2 heterocycles. The summed E-state index contributed by atoms with van der Waals surface area (Å²) in [5.74, 6) is 1.01. The second-order valence-corrected chi connectivity index (χ2v) is 8.84. The van der Waals surface area contributed by atoms with Crippen molar-refractivity contribution in [3.63, 3.8) is 0 Å². The molecule has 5 nitrogen and oxygen atoms in total. The highest BCUT2D eigenvalue weighted by molar-refractivity contribution is 7.12. The van der Waals surface area contributed by atoms with Crippen LogP contribution >= 0.6 is 11.3 Å². The molecule has 0 bridgehead atoms. The molecule has 1 N–H and O–H groups in total. The maximum Gasteiger partial charge on any atom is 0.220 e. The average molecular weight is 417 g/mol. The lowest BCUT2D eigenvalue weighted by Gasteiger charge is -2.41. The van der Waals surface area contributed by atoms with Crippen molar-refractivity contribution < 1.29 is 14.3 Å². The van der Waals surface area contributed by atoms with Crippen LogP contribution < -0.4 is 10.1 Å². The van der Waals surface area contributed by atoms with Crippen molar-refractivity contribution in [2.45, 2.75) is 58.8 Å². The van der Waals surface area contributed by atoms with Crippen molar-refractivity contribution in [3.05, 3.63) is 51.2 Å². The van der Waals surface area contributed by atoms with Crippen molar-refractivity contribution >= 4 is 17.2 Å². The topological polar surface area (TPSA) is 50.8 Å². The van der Waals surface area contributed by atoms with Gasteiger partial charge in [0, 0.05) is 48.0 Å². The number of piperidine rings is 1. The molecule has 1 saturated heterocycles. The van der Waals surface area contributed by atoms with Crippen LogP contribution in [0.2, 0.25) is 0 Å². The number of methoxy groups -OCH3 is 1. The Morgan fingerprint density at radius 3 is 2.79 bits per heavy atom. The Bertz CT molecular complexity index is 820. The number of hydrogen-bond acceptors (Lipinski definition) is 5. The largest absolute Gasteiger partial charge is 0.496 e. The van der Waals surface area contributed by atoms with E-state index in [0.717, 1.165) is 37.2 Å². The van der Waals surface area contributed by atoms with E-state index in [-0.39, 0.29) is 18.0 Å². The maximum atomic E-state index is 12.3. The summed E-state index contributed by atoms with van der Waals surface area (Å²) < 4.78 is 11.1. The van der Waals surface area contributed by atoms with Crippen molar-refractivity contribution in [1.29, 1.82) is 0 Å². The number of likely N-dealkylation sites (tertiary alicyclic amines) is 1. The molecule has 1 fully saturated rings. The zero-order chi connectivity index (χ0) is 20.8. The van der Waals surface area contributed by atoms with Crippen LogP contribution in [-0.4, -0.2) is 37.1 Å². The molecule has 29 heavy (non-hydrogen) atoms. The molecule has 1 aromatic heterocycles. The summed E-state index contributed by atoms with van der Waals surface area (Å²) in [6.07, 6.45) is 2.09. The molecule has 1 aliphatic heterocycles. The summed E-state index contributed by atoms with van der Waals surface area (Å²) in [7, 11) is 1.69. The number of carbonyl (C=O) groups is 1. The van der Waals surface area contributed by atoms with Gasteiger partial charge in [0.25, 0.3) is 0 Å². The highest BCUT2D eigenvalue weighted by Gasteiger charge is 2.34. The number of ether oxygens (including phenoxy) is 2. The lowest BCUT2D eigenvalue weighted by Crippen LogP contribution is -2.49. The Kier molecular flexibility index (Phi) is 7.70. The second-order valence-electron chi connectivity index (χ2n) is 7.52. The fraction of sp³-hybridized carbons (Fsp3) is 0.522. The van der Waals surface area contributed by atoms with Gasteiger partial charge in [0.2, 0.25) is 5.91 Å². The van der Waals surface area contributed by atoms with Gasteiger partial charge < -0.3 is 19.7 Å². The van der Waals surface area contributed by atoms with Gasteiger partial charge in [-0.05, 0) is 56.5 Å². The van der Waals surface area contributed by atoms with Gasteiger partial charge in [0.1, 0.15) is 5.75 Å². The molecule has 1 amide bonds. The number of nitrogens with zero attached hydrogens (tertiary/aromatic N) is 1. The van der Waals surface area contributed by atoms with Crippen molar-refractivity contribution in [3.8, 4) is 5.75 Å². The van der Waals surface area contributed by atoms with Gasteiger partial charge in [-0.15, -0.1) is 11.3 Å². The molecule has 0 radical (unpaired) electrons. The van der Waals surface area contributed by atoms with Gasteiger partial charge >= 0.3 is 0 Å². The maximum absolute atomic E-state index is 12.3. The molecule has 2 aromatic rings. The summed E-state index contributed by atoms with van der Waals surface area (Å²) in [6.45, 7) is 8.60. The molecule has 158 valence electrons. The van der Waals surface area contributed by atoms with E-state index in [1.165, 1.54) is 15.3 Å². The van der Waals surface area contributed by atoms with E-state index in [1.807, 2.05) is 17.9 Å². The minimum absolute atomic E-state index is 0.0982. The van der Waals surface area contributed by atoms with Crippen LogP contribution in [-0.2, 0) is 22.7 Å². The first-order valence-electron chi connectivity index (χ1n) is 10.3. The van der Waals surface area contributed by atoms with Gasteiger partial charge in [-0.25, -0.2) is 0 Å². The first-order chi connectivity index (χ1) is 14.0. The van der Waals surface area contributed by atoms with Crippen molar-refractivity contribution in [2.24, 2.45) is 0 Å². The lowest BCUT2D eigenvalue weighted by atomic mass is 9.94. The predicted octanol–water partition coefficient (Wildman–Crippen LogP) is 4.44. The summed E-state index contributed by atoms with van der Waals surface area (Å²) in [6, 6.07) is 10.9. The minimum Gasteiger partial charge on any atom is -0.496 e. The first-order valence-corrected chi connectivity index (χ1v) is 11.2. The monoisotopic (exact) mass is 416 g/mol. The molecule has 3 rings (SSSR count). The third-order valence-corrected chi connectivity index (χ3v) is 6.53. The molecule has 0 unspecified atom stereocenters. The highest BCUT2D eigenvalue weighted by atomic mass is 32.1. The van der Waals surface area contributed by atoms with E-state index in [1.54, 1.807) is 25.4 Å². The van der Waals surface area contributed by atoms with Gasteiger partial charge in [-0.2, -0.15) is 0 Å². The minimum atomic E-state index is 0.0982. The normalized spacial score (nSPS) is 19.4. The number of rotatable bonds is 8. The Morgan fingerprint density at radius 2 is 2.14 bits per heavy atom. The zero-order valence-corrected chi connectivity index (χ0v) is 18.7. The average Bonchev–Trinajstić information content (AvgIpc) is 3.16. The number of benzene rings is 1. The first kappa shape index (κ1) is 21.8. The molecule has 0 spiro atoms. The van der Waals surface area contributed by atoms with Gasteiger partial charge in [-0.3, -0.25) is 4.79 Å². The molecule has 0 saturated carbocycles. The van der Waals surface area contributed by atoms with Crippen LogP contribution in [0.15, 0.2) is 30.3 Å². The van der Waals surface area contributed by atoms with Crippen LogP contribution in [0.1, 0.15) is 53.6 Å². The molecular formula is C23H32N2O3S. The number of amides is 1. The number of carbonyl (C=O) groups excluding carboxylic acids is 1. The fourth-order valence-corrected chi connectivity index (χ4v) is 5.10. The Balaban J connectivity index is 1.76. The summed E-state index contributed by atoms with van der Waals surface area (Å²) >= 11 is 1.79. The Labute approximate surface area is 178 Å². The Hall–Kier alpha value is -1.89. The van der Waals surface area contributed by atoms with E-state index >= 15 is 0 Å². The van der Waals surface area contributed by atoms with Crippen LogP contribution in [0.3, 0.4) is 0 Å². The smallest absolute Gasteiger partial charge is 0.220 e. The van der Waals surface area contributed by atoms with E-state index < -0.39 is 0 Å². The Morgan fingerprint density at radius 1 is 1.31 bits per heavy atom. The van der Waals surface area contributed by atoms with Crippen molar-refractivity contribution in [2.75, 3.05) is 20.3 Å². The summed E-state index contributed by atoms with van der Waals surface area (Å²) in [4.78, 5) is 16.9. The molecule has 6 heteroatoms. The third-order valence-electron chi connectivity index (χ3n) is 5.46. The molecule has 1 aromatic carbocycles. The van der Waals surface area contributed by atoms with Crippen LogP contribution in [0, 0.1) is 6.92 Å². The standard InChI is InChI=1S/C23H32N2O3S/c1-5-28-15-19-13-18(9-10-21(19)27-4)14-24-20-7-6-12-25(17(3)26)23(20)22-11-8-16(2)29-22/h8-11,13,20,23-24H,5-7,12,14-15H2,1-4H3/t20-,23-/m1/s1. The zero-order valence-electron chi connectivity index (χ0n) is 17.9. The number of hydrogen-bond donors (Lipinski definition) is 1.